The molecule has 126 valence electrons. The Kier molecular flexibility index (Phi) is 4.45. The number of carbonyl (C=O) groups is 1. The first-order valence-corrected chi connectivity index (χ1v) is 7.82. The molecule has 1 fully saturated rings. The minimum Gasteiger partial charge on any atom is -0.355 e. The topological polar surface area (TPSA) is 89.2 Å². The summed E-state index contributed by atoms with van der Waals surface area (Å²) in [7, 11) is 1.38. The predicted molar refractivity (Wildman–Crippen MR) is 90.3 cm³/mol. The summed E-state index contributed by atoms with van der Waals surface area (Å²) in [6.45, 7) is 1.67. The molecule has 3 heterocycles. The number of amides is 1. The molecular formula is C16H19N5O3. The minimum absolute atomic E-state index is 0.165. The van der Waals surface area contributed by atoms with E-state index in [1.807, 2.05) is 0 Å². The van der Waals surface area contributed by atoms with Gasteiger partial charge in [0.1, 0.15) is 6.54 Å². The zero-order valence-electron chi connectivity index (χ0n) is 13.4. The maximum atomic E-state index is 12.3. The van der Waals surface area contributed by atoms with E-state index in [4.69, 9.17) is 0 Å². The van der Waals surface area contributed by atoms with E-state index >= 15 is 0 Å². The molecule has 1 amide bonds. The zero-order chi connectivity index (χ0) is 17.1. The van der Waals surface area contributed by atoms with Gasteiger partial charge >= 0.3 is 5.69 Å². The van der Waals surface area contributed by atoms with Gasteiger partial charge in [0.05, 0.1) is 5.69 Å². The third-order valence-corrected chi connectivity index (χ3v) is 4.04. The Morgan fingerprint density at radius 3 is 2.75 bits per heavy atom. The molecule has 0 spiro atoms. The van der Waals surface area contributed by atoms with Gasteiger partial charge in [-0.05, 0) is 25.0 Å². The van der Waals surface area contributed by atoms with Gasteiger partial charge in [-0.2, -0.15) is 0 Å². The molecule has 0 unspecified atom stereocenters. The van der Waals surface area contributed by atoms with Crippen molar-refractivity contribution in [3.05, 3.63) is 51.4 Å². The third kappa shape index (κ3) is 3.22. The highest BCUT2D eigenvalue weighted by atomic mass is 16.2. The standard InChI is InChI=1S/C16H19N5O3/c1-19-14(23)6-10-21(16(19)24)11-13(22)18-12-5-4-7-17-15(12)20-8-2-3-9-20/h4-7,10H,2-3,8-9,11H2,1H3,(H,18,22). The van der Waals surface area contributed by atoms with Gasteiger partial charge in [-0.1, -0.05) is 0 Å². The monoisotopic (exact) mass is 329 g/mol. The van der Waals surface area contributed by atoms with E-state index in [2.05, 4.69) is 15.2 Å². The lowest BCUT2D eigenvalue weighted by molar-refractivity contribution is -0.116. The molecule has 1 aliphatic rings. The summed E-state index contributed by atoms with van der Waals surface area (Å²) < 4.78 is 2.16. The van der Waals surface area contributed by atoms with Crippen molar-refractivity contribution >= 4 is 17.4 Å². The average Bonchev–Trinajstić information content (AvgIpc) is 3.10. The summed E-state index contributed by atoms with van der Waals surface area (Å²) >= 11 is 0. The van der Waals surface area contributed by atoms with Gasteiger partial charge in [0, 0.05) is 38.6 Å². The first kappa shape index (κ1) is 16.0. The highest BCUT2D eigenvalue weighted by Gasteiger charge is 2.18. The fourth-order valence-electron chi connectivity index (χ4n) is 2.76. The van der Waals surface area contributed by atoms with E-state index in [9.17, 15) is 14.4 Å². The highest BCUT2D eigenvalue weighted by molar-refractivity contribution is 5.93. The van der Waals surface area contributed by atoms with Crippen molar-refractivity contribution < 1.29 is 4.79 Å². The lowest BCUT2D eigenvalue weighted by Crippen LogP contribution is -2.39. The van der Waals surface area contributed by atoms with Gasteiger partial charge in [-0.3, -0.25) is 18.7 Å². The van der Waals surface area contributed by atoms with Crippen molar-refractivity contribution in [2.24, 2.45) is 7.05 Å². The molecule has 0 radical (unpaired) electrons. The Morgan fingerprint density at radius 2 is 2.00 bits per heavy atom. The highest BCUT2D eigenvalue weighted by Crippen LogP contribution is 2.25. The van der Waals surface area contributed by atoms with Gasteiger partial charge < -0.3 is 10.2 Å². The first-order chi connectivity index (χ1) is 11.6. The third-order valence-electron chi connectivity index (χ3n) is 4.04. The van der Waals surface area contributed by atoms with Gasteiger partial charge in [0.2, 0.25) is 5.91 Å². The molecular weight excluding hydrogens is 310 g/mol. The van der Waals surface area contributed by atoms with Crippen LogP contribution in [0.1, 0.15) is 12.8 Å². The molecule has 0 bridgehead atoms. The number of nitrogens with one attached hydrogen (secondary N) is 1. The van der Waals surface area contributed by atoms with Gasteiger partial charge in [-0.15, -0.1) is 0 Å². The van der Waals surface area contributed by atoms with Crippen molar-refractivity contribution in [2.45, 2.75) is 19.4 Å². The van der Waals surface area contributed by atoms with Crippen LogP contribution in [0.4, 0.5) is 11.5 Å². The van der Waals surface area contributed by atoms with E-state index in [1.165, 1.54) is 23.9 Å². The largest absolute Gasteiger partial charge is 0.355 e. The molecule has 2 aromatic heterocycles. The maximum absolute atomic E-state index is 12.3. The van der Waals surface area contributed by atoms with Crippen molar-refractivity contribution in [1.29, 1.82) is 0 Å². The Balaban J connectivity index is 1.77. The summed E-state index contributed by atoms with van der Waals surface area (Å²) in [6, 6.07) is 4.81. The van der Waals surface area contributed by atoms with Gasteiger partial charge in [0.25, 0.3) is 5.56 Å². The quantitative estimate of drug-likeness (QED) is 0.864. The maximum Gasteiger partial charge on any atom is 0.331 e. The lowest BCUT2D eigenvalue weighted by Gasteiger charge is -2.20. The van der Waals surface area contributed by atoms with E-state index < -0.39 is 11.2 Å². The van der Waals surface area contributed by atoms with Crippen LogP contribution in [0.15, 0.2) is 40.2 Å². The van der Waals surface area contributed by atoms with Crippen LogP contribution in [0, 0.1) is 0 Å². The summed E-state index contributed by atoms with van der Waals surface area (Å²) in [4.78, 5) is 42.2. The Bertz CT molecular complexity index is 865. The first-order valence-electron chi connectivity index (χ1n) is 7.82. The van der Waals surface area contributed by atoms with Gasteiger partial charge in [0.15, 0.2) is 5.82 Å². The van der Waals surface area contributed by atoms with E-state index in [0.29, 0.717) is 5.69 Å². The Morgan fingerprint density at radius 1 is 1.25 bits per heavy atom. The second-order valence-electron chi connectivity index (χ2n) is 5.74. The second kappa shape index (κ2) is 6.69. The predicted octanol–water partition coefficient (Wildman–Crippen LogP) is 0.181. The summed E-state index contributed by atoms with van der Waals surface area (Å²) in [5.41, 5.74) is -0.300. The van der Waals surface area contributed by atoms with Crippen LogP contribution in [0.2, 0.25) is 0 Å². The van der Waals surface area contributed by atoms with Crippen molar-refractivity contribution in [2.75, 3.05) is 23.3 Å². The normalized spacial score (nSPS) is 14.0. The van der Waals surface area contributed by atoms with Crippen LogP contribution in [0.3, 0.4) is 0 Å². The molecule has 0 aliphatic carbocycles. The average molecular weight is 329 g/mol. The lowest BCUT2D eigenvalue weighted by atomic mass is 10.3. The van der Waals surface area contributed by atoms with E-state index in [0.717, 1.165) is 36.3 Å². The van der Waals surface area contributed by atoms with Crippen LogP contribution < -0.4 is 21.5 Å². The summed E-state index contributed by atoms with van der Waals surface area (Å²) in [5, 5.41) is 2.81. The fraction of sp³-hybridized carbons (Fsp3) is 0.375. The number of rotatable bonds is 4. The summed E-state index contributed by atoms with van der Waals surface area (Å²) in [6.07, 6.45) is 5.24. The van der Waals surface area contributed by atoms with E-state index in [-0.39, 0.29) is 12.5 Å². The van der Waals surface area contributed by atoms with Gasteiger partial charge in [-0.25, -0.2) is 9.78 Å². The number of pyridine rings is 1. The Labute approximate surface area is 138 Å². The number of aromatic nitrogens is 3. The Hall–Kier alpha value is -2.90. The molecule has 3 rings (SSSR count). The van der Waals surface area contributed by atoms with E-state index in [1.54, 1.807) is 18.3 Å². The smallest absolute Gasteiger partial charge is 0.331 e. The van der Waals surface area contributed by atoms with Crippen LogP contribution in [-0.2, 0) is 18.4 Å². The van der Waals surface area contributed by atoms with Crippen LogP contribution in [0.5, 0.6) is 0 Å². The van der Waals surface area contributed by atoms with Crippen LogP contribution >= 0.6 is 0 Å². The van der Waals surface area contributed by atoms with Crippen molar-refractivity contribution in [3.8, 4) is 0 Å². The number of hydrogen-bond acceptors (Lipinski definition) is 5. The molecule has 1 N–H and O–H groups in total. The number of nitrogens with zero attached hydrogens (tertiary/aromatic N) is 4. The van der Waals surface area contributed by atoms with Crippen LogP contribution in [0.25, 0.3) is 0 Å². The zero-order valence-corrected chi connectivity index (χ0v) is 13.4. The molecule has 1 saturated heterocycles. The molecule has 2 aromatic rings. The fourth-order valence-corrected chi connectivity index (χ4v) is 2.76. The SMILES string of the molecule is Cn1c(=O)ccn(CC(=O)Nc2cccnc2N2CCCC2)c1=O. The molecule has 8 nitrogen and oxygen atoms in total. The molecule has 0 atom stereocenters. The molecule has 24 heavy (non-hydrogen) atoms. The molecule has 0 saturated carbocycles. The van der Waals surface area contributed by atoms with Crippen LogP contribution in [-0.4, -0.2) is 33.1 Å². The molecule has 8 heteroatoms. The summed E-state index contributed by atoms with van der Waals surface area (Å²) in [5.74, 6) is 0.403. The number of anilines is 2. The van der Waals surface area contributed by atoms with Crippen molar-refractivity contribution in [1.82, 2.24) is 14.1 Å². The second-order valence-corrected chi connectivity index (χ2v) is 5.74. The minimum atomic E-state index is -0.524. The number of hydrogen-bond donors (Lipinski definition) is 1. The van der Waals surface area contributed by atoms with Crippen molar-refractivity contribution in [3.63, 3.8) is 0 Å². The number of carbonyl (C=O) groups excluding carboxylic acids is 1. The molecule has 1 aliphatic heterocycles. The molecule has 0 aromatic carbocycles.